The first-order valence-corrected chi connectivity index (χ1v) is 6.63. The fourth-order valence-electron chi connectivity index (χ4n) is 1.87. The van der Waals surface area contributed by atoms with Gasteiger partial charge in [-0.1, -0.05) is 30.3 Å². The van der Waals surface area contributed by atoms with Crippen LogP contribution >= 0.6 is 15.9 Å². The Kier molecular flexibility index (Phi) is 3.97. The molecule has 18 heavy (non-hydrogen) atoms. The minimum Gasteiger partial charge on any atom is -0.354 e. The number of anilines is 1. The van der Waals surface area contributed by atoms with Crippen LogP contribution in [0, 0.1) is 13.8 Å². The molecule has 94 valence electrons. The number of hydrogen-bond donors (Lipinski definition) is 0. The van der Waals surface area contributed by atoms with Crippen molar-refractivity contribution in [2.45, 2.75) is 20.4 Å². The van der Waals surface area contributed by atoms with Gasteiger partial charge in [0.05, 0.1) is 10.2 Å². The van der Waals surface area contributed by atoms with Gasteiger partial charge < -0.3 is 4.90 Å². The highest BCUT2D eigenvalue weighted by molar-refractivity contribution is 9.10. The summed E-state index contributed by atoms with van der Waals surface area (Å²) >= 11 is 3.56. The van der Waals surface area contributed by atoms with Crippen molar-refractivity contribution in [1.82, 2.24) is 9.97 Å². The molecule has 0 fully saturated rings. The molecule has 4 heteroatoms. The van der Waals surface area contributed by atoms with Crippen molar-refractivity contribution in [2.75, 3.05) is 11.9 Å². The maximum Gasteiger partial charge on any atom is 0.146 e. The molecule has 0 spiro atoms. The van der Waals surface area contributed by atoms with Crippen LogP contribution in [0.2, 0.25) is 0 Å². The molecular formula is C14H16BrN3. The molecule has 0 aliphatic carbocycles. The van der Waals surface area contributed by atoms with E-state index in [2.05, 4.69) is 55.1 Å². The lowest BCUT2D eigenvalue weighted by Crippen LogP contribution is -2.19. The lowest BCUT2D eigenvalue weighted by Gasteiger charge is -2.20. The van der Waals surface area contributed by atoms with E-state index in [1.165, 1.54) is 5.56 Å². The number of halogens is 1. The maximum absolute atomic E-state index is 4.50. The number of nitrogens with zero attached hydrogens (tertiary/aromatic N) is 3. The molecule has 0 saturated carbocycles. The van der Waals surface area contributed by atoms with Crippen LogP contribution in [0.1, 0.15) is 17.1 Å². The lowest BCUT2D eigenvalue weighted by atomic mass is 10.2. The van der Waals surface area contributed by atoms with E-state index in [1.807, 2.05) is 27.0 Å². The summed E-state index contributed by atoms with van der Waals surface area (Å²) in [4.78, 5) is 11.0. The molecule has 3 nitrogen and oxygen atoms in total. The highest BCUT2D eigenvalue weighted by Gasteiger charge is 2.12. The van der Waals surface area contributed by atoms with Crippen LogP contribution < -0.4 is 4.90 Å². The Morgan fingerprint density at radius 2 is 1.78 bits per heavy atom. The molecule has 0 bridgehead atoms. The van der Waals surface area contributed by atoms with Gasteiger partial charge in [0.1, 0.15) is 11.6 Å². The lowest BCUT2D eigenvalue weighted by molar-refractivity contribution is 0.865. The molecule has 0 unspecified atom stereocenters. The summed E-state index contributed by atoms with van der Waals surface area (Å²) in [6.45, 7) is 4.73. The Labute approximate surface area is 116 Å². The van der Waals surface area contributed by atoms with Crippen LogP contribution in [0.15, 0.2) is 34.8 Å². The Balaban J connectivity index is 2.26. The Morgan fingerprint density at radius 3 is 2.44 bits per heavy atom. The first-order chi connectivity index (χ1) is 8.58. The van der Waals surface area contributed by atoms with Crippen LogP contribution in [0.5, 0.6) is 0 Å². The summed E-state index contributed by atoms with van der Waals surface area (Å²) < 4.78 is 0.964. The Morgan fingerprint density at radius 1 is 1.11 bits per heavy atom. The van der Waals surface area contributed by atoms with Crippen molar-refractivity contribution in [3.63, 3.8) is 0 Å². The Hall–Kier alpha value is -1.42. The zero-order valence-electron chi connectivity index (χ0n) is 10.8. The van der Waals surface area contributed by atoms with Gasteiger partial charge in [-0.15, -0.1) is 0 Å². The number of benzene rings is 1. The molecule has 0 saturated heterocycles. The summed E-state index contributed by atoms with van der Waals surface area (Å²) in [7, 11) is 2.04. The number of aryl methyl sites for hydroxylation is 2. The largest absolute Gasteiger partial charge is 0.354 e. The monoisotopic (exact) mass is 305 g/mol. The summed E-state index contributed by atoms with van der Waals surface area (Å²) in [5, 5.41) is 0. The van der Waals surface area contributed by atoms with E-state index in [9.17, 15) is 0 Å². The van der Waals surface area contributed by atoms with Crippen molar-refractivity contribution < 1.29 is 0 Å². The van der Waals surface area contributed by atoms with Gasteiger partial charge in [-0.05, 0) is 35.3 Å². The molecule has 1 aromatic carbocycles. The van der Waals surface area contributed by atoms with E-state index >= 15 is 0 Å². The van der Waals surface area contributed by atoms with E-state index in [4.69, 9.17) is 0 Å². The van der Waals surface area contributed by atoms with Gasteiger partial charge in [-0.2, -0.15) is 0 Å². The smallest absolute Gasteiger partial charge is 0.146 e. The van der Waals surface area contributed by atoms with Crippen LogP contribution in [0.4, 0.5) is 5.82 Å². The predicted molar refractivity (Wildman–Crippen MR) is 77.8 cm³/mol. The molecule has 1 heterocycles. The molecule has 2 rings (SSSR count). The maximum atomic E-state index is 4.50. The van der Waals surface area contributed by atoms with E-state index in [0.29, 0.717) is 0 Å². The van der Waals surface area contributed by atoms with Crippen molar-refractivity contribution in [3.8, 4) is 0 Å². The van der Waals surface area contributed by atoms with Crippen molar-refractivity contribution in [3.05, 3.63) is 51.9 Å². The van der Waals surface area contributed by atoms with Crippen LogP contribution in [-0.4, -0.2) is 17.0 Å². The van der Waals surface area contributed by atoms with E-state index in [1.54, 1.807) is 0 Å². The quantitative estimate of drug-likeness (QED) is 0.869. The fraction of sp³-hybridized carbons (Fsp3) is 0.286. The molecular weight excluding hydrogens is 290 g/mol. The van der Waals surface area contributed by atoms with Gasteiger partial charge in [-0.3, -0.25) is 0 Å². The van der Waals surface area contributed by atoms with E-state index < -0.39 is 0 Å². The standard InChI is InChI=1S/C14H16BrN3/c1-10-13(15)14(17-11(2)16-10)18(3)9-12-7-5-4-6-8-12/h4-8H,9H2,1-3H3. The van der Waals surface area contributed by atoms with Gasteiger partial charge in [-0.25, -0.2) is 9.97 Å². The van der Waals surface area contributed by atoms with Crippen LogP contribution in [0.3, 0.4) is 0 Å². The number of aromatic nitrogens is 2. The second-order valence-electron chi connectivity index (χ2n) is 4.34. The second-order valence-corrected chi connectivity index (χ2v) is 5.13. The average Bonchev–Trinajstić information content (AvgIpc) is 2.35. The van der Waals surface area contributed by atoms with Gasteiger partial charge in [0.25, 0.3) is 0 Å². The van der Waals surface area contributed by atoms with Gasteiger partial charge >= 0.3 is 0 Å². The summed E-state index contributed by atoms with van der Waals surface area (Å²) in [6.07, 6.45) is 0. The second kappa shape index (κ2) is 5.48. The van der Waals surface area contributed by atoms with Crippen molar-refractivity contribution in [2.24, 2.45) is 0 Å². The number of hydrogen-bond acceptors (Lipinski definition) is 3. The van der Waals surface area contributed by atoms with Gasteiger partial charge in [0, 0.05) is 13.6 Å². The molecule has 0 atom stereocenters. The molecule has 0 amide bonds. The van der Waals surface area contributed by atoms with Gasteiger partial charge in [0.2, 0.25) is 0 Å². The third-order valence-corrected chi connectivity index (χ3v) is 3.66. The molecule has 0 aliphatic rings. The Bertz CT molecular complexity index is 540. The zero-order valence-corrected chi connectivity index (χ0v) is 12.4. The molecule has 2 aromatic rings. The third kappa shape index (κ3) is 2.88. The minimum atomic E-state index is 0.797. The average molecular weight is 306 g/mol. The minimum absolute atomic E-state index is 0.797. The topological polar surface area (TPSA) is 29.0 Å². The zero-order chi connectivity index (χ0) is 13.1. The molecule has 0 radical (unpaired) electrons. The van der Waals surface area contributed by atoms with Crippen molar-refractivity contribution in [1.29, 1.82) is 0 Å². The summed E-state index contributed by atoms with van der Waals surface area (Å²) in [6, 6.07) is 10.4. The molecule has 1 aromatic heterocycles. The molecule has 0 aliphatic heterocycles. The summed E-state index contributed by atoms with van der Waals surface area (Å²) in [5.41, 5.74) is 2.23. The predicted octanol–water partition coefficient (Wildman–Crippen LogP) is 3.49. The highest BCUT2D eigenvalue weighted by Crippen LogP contribution is 2.26. The normalized spacial score (nSPS) is 10.4. The van der Waals surface area contributed by atoms with Crippen LogP contribution in [-0.2, 0) is 6.54 Å². The van der Waals surface area contributed by atoms with Gasteiger partial charge in [0.15, 0.2) is 0 Å². The van der Waals surface area contributed by atoms with Crippen molar-refractivity contribution >= 4 is 21.7 Å². The first kappa shape index (κ1) is 13.0. The third-order valence-electron chi connectivity index (χ3n) is 2.74. The summed E-state index contributed by atoms with van der Waals surface area (Å²) in [5.74, 6) is 1.73. The van der Waals surface area contributed by atoms with Crippen LogP contribution in [0.25, 0.3) is 0 Å². The molecule has 0 N–H and O–H groups in total. The SMILES string of the molecule is Cc1nc(C)c(Br)c(N(C)Cc2ccccc2)n1. The fourth-order valence-corrected chi connectivity index (χ4v) is 2.35. The highest BCUT2D eigenvalue weighted by atomic mass is 79.9. The van der Waals surface area contributed by atoms with E-state index in [-0.39, 0.29) is 0 Å². The van der Waals surface area contributed by atoms with E-state index in [0.717, 1.165) is 28.4 Å². The first-order valence-electron chi connectivity index (χ1n) is 5.83. The number of rotatable bonds is 3.